The second-order valence-corrected chi connectivity index (χ2v) is 9.49. The highest BCUT2D eigenvalue weighted by Crippen LogP contribution is 2.38. The van der Waals surface area contributed by atoms with Crippen molar-refractivity contribution in [1.29, 1.82) is 0 Å². The van der Waals surface area contributed by atoms with E-state index in [2.05, 4.69) is 15.5 Å². The first-order valence-electron chi connectivity index (χ1n) is 12.3. The summed E-state index contributed by atoms with van der Waals surface area (Å²) in [5.41, 5.74) is -1.10. The molecular formula is C25H29F4N5O3. The molecule has 1 aliphatic carbocycles. The first-order valence-corrected chi connectivity index (χ1v) is 12.3. The molecule has 0 radical (unpaired) electrons. The van der Waals surface area contributed by atoms with Gasteiger partial charge in [-0.05, 0) is 68.0 Å². The topological polar surface area (TPSA) is 90.7 Å². The predicted octanol–water partition coefficient (Wildman–Crippen LogP) is 5.26. The molecule has 2 N–H and O–H groups in total. The SMILES string of the molecule is O=C(NCC1CCC(Nc2ccc([N+](=O)[O-])c(C(F)(F)F)c2)CC1)N1CCN(c2ccc(F)cc2)CC1. The molecule has 0 atom stereocenters. The van der Waals surface area contributed by atoms with Crippen LogP contribution in [0, 0.1) is 21.8 Å². The molecule has 2 aliphatic rings. The molecule has 37 heavy (non-hydrogen) atoms. The van der Waals surface area contributed by atoms with Crippen LogP contribution < -0.4 is 15.5 Å². The molecule has 1 saturated heterocycles. The normalized spacial score (nSPS) is 20.4. The van der Waals surface area contributed by atoms with Gasteiger partial charge in [0.1, 0.15) is 11.4 Å². The van der Waals surface area contributed by atoms with Crippen LogP contribution in [0.1, 0.15) is 31.2 Å². The lowest BCUT2D eigenvalue weighted by atomic mass is 9.86. The first kappa shape index (κ1) is 26.5. The van der Waals surface area contributed by atoms with Crippen LogP contribution in [0.3, 0.4) is 0 Å². The summed E-state index contributed by atoms with van der Waals surface area (Å²) in [5.74, 6) is -0.0152. The average Bonchev–Trinajstić information content (AvgIpc) is 2.88. The Morgan fingerprint density at radius 1 is 1.00 bits per heavy atom. The number of anilines is 2. The maximum Gasteiger partial charge on any atom is 0.423 e. The third-order valence-corrected chi connectivity index (χ3v) is 7.02. The second kappa shape index (κ2) is 11.2. The molecule has 0 aromatic heterocycles. The smallest absolute Gasteiger partial charge is 0.382 e. The van der Waals surface area contributed by atoms with Gasteiger partial charge < -0.3 is 20.4 Å². The number of nitrogens with zero attached hydrogens (tertiary/aromatic N) is 3. The van der Waals surface area contributed by atoms with E-state index in [4.69, 9.17) is 0 Å². The van der Waals surface area contributed by atoms with Crippen LogP contribution in [0.15, 0.2) is 42.5 Å². The third-order valence-electron chi connectivity index (χ3n) is 7.02. The minimum Gasteiger partial charge on any atom is -0.382 e. The quantitative estimate of drug-likeness (QED) is 0.307. The minimum atomic E-state index is -4.82. The fourth-order valence-electron chi connectivity index (χ4n) is 4.92. The Labute approximate surface area is 211 Å². The van der Waals surface area contributed by atoms with Crippen LogP contribution in [-0.4, -0.2) is 54.6 Å². The molecule has 0 bridgehead atoms. The number of halogens is 4. The van der Waals surface area contributed by atoms with Crippen LogP contribution in [0.5, 0.6) is 0 Å². The number of alkyl halides is 3. The summed E-state index contributed by atoms with van der Waals surface area (Å²) in [5, 5.41) is 17.0. The lowest BCUT2D eigenvalue weighted by Crippen LogP contribution is -2.52. The molecule has 8 nitrogen and oxygen atoms in total. The van der Waals surface area contributed by atoms with Crippen LogP contribution in [0.25, 0.3) is 0 Å². The van der Waals surface area contributed by atoms with Crippen LogP contribution in [0.2, 0.25) is 0 Å². The number of urea groups is 1. The molecule has 4 rings (SSSR count). The van der Waals surface area contributed by atoms with Crippen molar-refractivity contribution in [1.82, 2.24) is 10.2 Å². The van der Waals surface area contributed by atoms with E-state index in [9.17, 15) is 32.5 Å². The lowest BCUT2D eigenvalue weighted by Gasteiger charge is -2.36. The molecule has 2 fully saturated rings. The van der Waals surface area contributed by atoms with Crippen molar-refractivity contribution in [3.05, 3.63) is 64.0 Å². The molecular weight excluding hydrogens is 494 g/mol. The maximum absolute atomic E-state index is 13.2. The van der Waals surface area contributed by atoms with E-state index in [1.165, 1.54) is 18.2 Å². The predicted molar refractivity (Wildman–Crippen MR) is 131 cm³/mol. The van der Waals surface area contributed by atoms with Crippen molar-refractivity contribution in [2.75, 3.05) is 42.9 Å². The fourth-order valence-corrected chi connectivity index (χ4v) is 4.92. The van der Waals surface area contributed by atoms with Crippen molar-refractivity contribution in [2.45, 2.75) is 37.9 Å². The maximum atomic E-state index is 13.2. The zero-order valence-corrected chi connectivity index (χ0v) is 20.1. The molecule has 0 spiro atoms. The monoisotopic (exact) mass is 523 g/mol. The molecule has 1 aliphatic heterocycles. The molecule has 1 saturated carbocycles. The van der Waals surface area contributed by atoms with Gasteiger partial charge in [-0.15, -0.1) is 0 Å². The van der Waals surface area contributed by atoms with Gasteiger partial charge in [-0.2, -0.15) is 13.2 Å². The van der Waals surface area contributed by atoms with Gasteiger partial charge in [0.15, 0.2) is 0 Å². The number of carbonyl (C=O) groups excluding carboxylic acids is 1. The molecule has 200 valence electrons. The Hall–Kier alpha value is -3.57. The van der Waals surface area contributed by atoms with Gasteiger partial charge >= 0.3 is 12.2 Å². The van der Waals surface area contributed by atoms with E-state index in [0.29, 0.717) is 32.7 Å². The van der Waals surface area contributed by atoms with Gasteiger partial charge in [-0.25, -0.2) is 9.18 Å². The Morgan fingerprint density at radius 2 is 1.65 bits per heavy atom. The van der Waals surface area contributed by atoms with Crippen LogP contribution >= 0.6 is 0 Å². The first-order chi connectivity index (χ1) is 17.6. The number of hydrogen-bond donors (Lipinski definition) is 2. The zero-order chi connectivity index (χ0) is 26.6. The summed E-state index contributed by atoms with van der Waals surface area (Å²) in [6, 6.07) is 9.11. The summed E-state index contributed by atoms with van der Waals surface area (Å²) in [4.78, 5) is 26.4. The number of benzene rings is 2. The summed E-state index contributed by atoms with van der Waals surface area (Å²) < 4.78 is 52.8. The summed E-state index contributed by atoms with van der Waals surface area (Å²) >= 11 is 0. The molecule has 0 unspecified atom stereocenters. The number of piperazine rings is 1. The highest BCUT2D eigenvalue weighted by molar-refractivity contribution is 5.74. The number of nitro groups is 1. The Morgan fingerprint density at radius 3 is 2.24 bits per heavy atom. The molecule has 2 amide bonds. The fraction of sp³-hybridized carbons (Fsp3) is 0.480. The minimum absolute atomic E-state index is 0.0472. The van der Waals surface area contributed by atoms with Crippen molar-refractivity contribution < 1.29 is 27.3 Å². The van der Waals surface area contributed by atoms with Gasteiger partial charge in [-0.3, -0.25) is 10.1 Å². The molecule has 2 aromatic carbocycles. The number of carbonyl (C=O) groups is 1. The van der Waals surface area contributed by atoms with Gasteiger partial charge in [0.2, 0.25) is 0 Å². The van der Waals surface area contributed by atoms with Crippen molar-refractivity contribution in [2.24, 2.45) is 5.92 Å². The number of nitro benzene ring substituents is 1. The van der Waals surface area contributed by atoms with Crippen molar-refractivity contribution in [3.8, 4) is 0 Å². The Balaban J connectivity index is 1.20. The number of hydrogen-bond acceptors (Lipinski definition) is 5. The molecule has 12 heteroatoms. The largest absolute Gasteiger partial charge is 0.423 e. The summed E-state index contributed by atoms with van der Waals surface area (Å²) in [7, 11) is 0. The van der Waals surface area contributed by atoms with E-state index in [-0.39, 0.29) is 29.5 Å². The van der Waals surface area contributed by atoms with Gasteiger partial charge in [0.05, 0.1) is 4.92 Å². The summed E-state index contributed by atoms with van der Waals surface area (Å²) in [6.45, 7) is 2.98. The van der Waals surface area contributed by atoms with E-state index in [0.717, 1.165) is 43.5 Å². The second-order valence-electron chi connectivity index (χ2n) is 9.49. The van der Waals surface area contributed by atoms with Gasteiger partial charge in [0.25, 0.3) is 5.69 Å². The Bertz CT molecular complexity index is 1100. The summed E-state index contributed by atoms with van der Waals surface area (Å²) in [6.07, 6.45) is -1.78. The average molecular weight is 524 g/mol. The Kier molecular flexibility index (Phi) is 8.03. The molecule has 1 heterocycles. The third kappa shape index (κ3) is 6.80. The van der Waals surface area contributed by atoms with E-state index in [1.807, 2.05) is 0 Å². The molecule has 2 aromatic rings. The standard InChI is InChI=1S/C25H29F4N5O3/c26-18-3-8-21(9-4-18)32-11-13-33(14-12-32)24(35)30-16-17-1-5-19(6-2-17)31-20-7-10-23(34(36)37)22(15-20)25(27,28)29/h3-4,7-10,15,17,19,31H,1-2,5-6,11-14,16H2,(H,30,35). The van der Waals surface area contributed by atoms with Gasteiger partial charge in [-0.1, -0.05) is 0 Å². The lowest BCUT2D eigenvalue weighted by molar-refractivity contribution is -0.388. The van der Waals surface area contributed by atoms with E-state index < -0.39 is 22.4 Å². The number of rotatable bonds is 6. The van der Waals surface area contributed by atoms with Crippen molar-refractivity contribution in [3.63, 3.8) is 0 Å². The van der Waals surface area contributed by atoms with Crippen LogP contribution in [-0.2, 0) is 6.18 Å². The number of nitrogens with one attached hydrogen (secondary N) is 2. The van der Waals surface area contributed by atoms with E-state index in [1.54, 1.807) is 17.0 Å². The van der Waals surface area contributed by atoms with E-state index >= 15 is 0 Å². The highest BCUT2D eigenvalue weighted by Gasteiger charge is 2.38. The highest BCUT2D eigenvalue weighted by atomic mass is 19.4. The van der Waals surface area contributed by atoms with Crippen molar-refractivity contribution >= 4 is 23.1 Å². The van der Waals surface area contributed by atoms with Gasteiger partial charge in [0, 0.05) is 56.2 Å². The zero-order valence-electron chi connectivity index (χ0n) is 20.1. The van der Waals surface area contributed by atoms with Crippen LogP contribution in [0.4, 0.5) is 39.4 Å². The number of amides is 2.